The number of hydrogen-bond donors (Lipinski definition) is 1. The summed E-state index contributed by atoms with van der Waals surface area (Å²) in [6, 6.07) is 4.40. The second-order valence-corrected chi connectivity index (χ2v) is 5.87. The molecule has 0 saturated carbocycles. The van der Waals surface area contributed by atoms with Crippen LogP contribution in [0.5, 0.6) is 5.75 Å². The van der Waals surface area contributed by atoms with Crippen LogP contribution in [0.3, 0.4) is 0 Å². The predicted octanol–water partition coefficient (Wildman–Crippen LogP) is 2.65. The molecule has 0 fully saturated rings. The molecular weight excluding hydrogens is 224 g/mol. The molecule has 102 valence electrons. The van der Waals surface area contributed by atoms with Gasteiger partial charge in [0.25, 0.3) is 0 Å². The Morgan fingerprint density at radius 2 is 1.67 bits per heavy atom. The van der Waals surface area contributed by atoms with Gasteiger partial charge in [-0.25, -0.2) is 0 Å². The first-order valence-electron chi connectivity index (χ1n) is 6.29. The number of methoxy groups -OCH3 is 1. The summed E-state index contributed by atoms with van der Waals surface area (Å²) < 4.78 is 5.53. The third-order valence-electron chi connectivity index (χ3n) is 3.36. The second-order valence-electron chi connectivity index (χ2n) is 5.87. The van der Waals surface area contributed by atoms with Crippen molar-refractivity contribution in [3.05, 3.63) is 28.8 Å². The van der Waals surface area contributed by atoms with Gasteiger partial charge in [-0.1, -0.05) is 6.07 Å². The van der Waals surface area contributed by atoms with E-state index in [1.165, 1.54) is 11.1 Å². The Bertz CT molecular complexity index is 419. The van der Waals surface area contributed by atoms with E-state index >= 15 is 0 Å². The Balaban J connectivity index is 3.41. The van der Waals surface area contributed by atoms with Gasteiger partial charge in [-0.3, -0.25) is 0 Å². The van der Waals surface area contributed by atoms with Crippen LogP contribution in [0.2, 0.25) is 0 Å². The first kappa shape index (κ1) is 15.0. The fourth-order valence-corrected chi connectivity index (χ4v) is 2.55. The molecule has 0 spiro atoms. The Kier molecular flexibility index (Phi) is 4.41. The van der Waals surface area contributed by atoms with Crippen LogP contribution in [0.1, 0.15) is 36.6 Å². The summed E-state index contributed by atoms with van der Waals surface area (Å²) in [6.07, 6.45) is 0. The predicted molar refractivity (Wildman–Crippen MR) is 77.2 cm³/mol. The molecule has 2 N–H and O–H groups in total. The van der Waals surface area contributed by atoms with Gasteiger partial charge in [0, 0.05) is 11.1 Å². The molecule has 0 amide bonds. The number of benzene rings is 1. The van der Waals surface area contributed by atoms with Gasteiger partial charge in [0.1, 0.15) is 5.75 Å². The number of rotatable bonds is 4. The molecule has 1 aromatic carbocycles. The van der Waals surface area contributed by atoms with Crippen molar-refractivity contribution < 1.29 is 4.74 Å². The minimum atomic E-state index is -0.335. The van der Waals surface area contributed by atoms with Crippen LogP contribution in [-0.4, -0.2) is 31.6 Å². The highest BCUT2D eigenvalue weighted by Gasteiger charge is 2.31. The monoisotopic (exact) mass is 250 g/mol. The van der Waals surface area contributed by atoms with Gasteiger partial charge in [-0.2, -0.15) is 0 Å². The summed E-state index contributed by atoms with van der Waals surface area (Å²) in [4.78, 5) is 2.15. The molecule has 0 heterocycles. The second kappa shape index (κ2) is 5.29. The van der Waals surface area contributed by atoms with Gasteiger partial charge in [-0.15, -0.1) is 0 Å². The lowest BCUT2D eigenvalue weighted by Gasteiger charge is -2.37. The van der Waals surface area contributed by atoms with E-state index in [1.807, 2.05) is 27.9 Å². The first-order chi connectivity index (χ1) is 8.18. The van der Waals surface area contributed by atoms with E-state index in [1.54, 1.807) is 7.11 Å². The van der Waals surface area contributed by atoms with E-state index in [2.05, 4.69) is 30.9 Å². The number of hydrogen-bond acceptors (Lipinski definition) is 3. The van der Waals surface area contributed by atoms with Crippen LogP contribution < -0.4 is 10.5 Å². The summed E-state index contributed by atoms with van der Waals surface area (Å²) in [5, 5.41) is 0. The fourth-order valence-electron chi connectivity index (χ4n) is 2.55. The molecule has 0 bridgehead atoms. The number of nitrogens with two attached hydrogens (primary N) is 1. The van der Waals surface area contributed by atoms with E-state index in [0.29, 0.717) is 0 Å². The number of ether oxygens (including phenoxy) is 1. The van der Waals surface area contributed by atoms with E-state index < -0.39 is 0 Å². The van der Waals surface area contributed by atoms with E-state index in [0.717, 1.165) is 11.3 Å². The Hall–Kier alpha value is -1.06. The molecular formula is C15H26N2O. The molecule has 3 heteroatoms. The normalized spacial score (nSPS) is 13.8. The minimum absolute atomic E-state index is 0.117. The Morgan fingerprint density at radius 3 is 2.06 bits per heavy atom. The Morgan fingerprint density at radius 1 is 1.17 bits per heavy atom. The topological polar surface area (TPSA) is 38.5 Å². The highest BCUT2D eigenvalue weighted by Crippen LogP contribution is 2.36. The van der Waals surface area contributed by atoms with E-state index in [4.69, 9.17) is 10.5 Å². The van der Waals surface area contributed by atoms with Gasteiger partial charge in [0.2, 0.25) is 0 Å². The minimum Gasteiger partial charge on any atom is -0.496 e. The third kappa shape index (κ3) is 3.03. The maximum absolute atomic E-state index is 6.33. The van der Waals surface area contributed by atoms with Crippen LogP contribution in [0.15, 0.2) is 12.1 Å². The molecule has 1 rings (SSSR count). The van der Waals surface area contributed by atoms with Crippen LogP contribution in [0, 0.1) is 13.8 Å². The zero-order valence-corrected chi connectivity index (χ0v) is 12.7. The van der Waals surface area contributed by atoms with Crippen molar-refractivity contribution in [2.75, 3.05) is 21.2 Å². The molecule has 0 saturated heterocycles. The zero-order valence-electron chi connectivity index (χ0n) is 12.7. The lowest BCUT2D eigenvalue weighted by Crippen LogP contribution is -2.46. The number of aryl methyl sites for hydroxylation is 2. The van der Waals surface area contributed by atoms with Gasteiger partial charge in [0.05, 0.1) is 13.2 Å². The molecule has 0 radical (unpaired) electrons. The lowest BCUT2D eigenvalue weighted by molar-refractivity contribution is 0.199. The maximum Gasteiger partial charge on any atom is 0.123 e. The van der Waals surface area contributed by atoms with Crippen LogP contribution >= 0.6 is 0 Å². The van der Waals surface area contributed by atoms with Crippen molar-refractivity contribution >= 4 is 0 Å². The average molecular weight is 250 g/mol. The SMILES string of the molecule is COc1cc(C)c(C)cc1C(N(C)C)C(C)(C)N. The van der Waals surface area contributed by atoms with Gasteiger partial charge in [-0.05, 0) is 59.0 Å². The van der Waals surface area contributed by atoms with Crippen molar-refractivity contribution in [3.63, 3.8) is 0 Å². The van der Waals surface area contributed by atoms with Crippen molar-refractivity contribution in [2.24, 2.45) is 5.73 Å². The largest absolute Gasteiger partial charge is 0.496 e. The number of likely N-dealkylation sites (N-methyl/N-ethyl adjacent to an activating group) is 1. The summed E-state index contributed by atoms with van der Waals surface area (Å²) in [7, 11) is 5.81. The highest BCUT2D eigenvalue weighted by molar-refractivity contribution is 5.44. The molecule has 18 heavy (non-hydrogen) atoms. The zero-order chi connectivity index (χ0) is 14.1. The van der Waals surface area contributed by atoms with Gasteiger partial charge in [0.15, 0.2) is 0 Å². The average Bonchev–Trinajstić information content (AvgIpc) is 2.20. The fraction of sp³-hybridized carbons (Fsp3) is 0.600. The standard InChI is InChI=1S/C15H26N2O/c1-10-8-12(13(18-7)9-11(10)2)14(17(5)6)15(3,4)16/h8-9,14H,16H2,1-7H3. The van der Waals surface area contributed by atoms with Gasteiger partial charge >= 0.3 is 0 Å². The van der Waals surface area contributed by atoms with Gasteiger partial charge < -0.3 is 15.4 Å². The lowest BCUT2D eigenvalue weighted by atomic mass is 9.86. The van der Waals surface area contributed by atoms with Crippen molar-refractivity contribution in [1.82, 2.24) is 4.90 Å². The molecule has 1 aromatic rings. The molecule has 0 aliphatic heterocycles. The van der Waals surface area contributed by atoms with Crippen LogP contribution in [0.4, 0.5) is 0 Å². The molecule has 1 unspecified atom stereocenters. The van der Waals surface area contributed by atoms with Crippen molar-refractivity contribution in [3.8, 4) is 5.75 Å². The summed E-state index contributed by atoms with van der Waals surface area (Å²) in [5.41, 5.74) is 9.65. The molecule has 3 nitrogen and oxygen atoms in total. The smallest absolute Gasteiger partial charge is 0.123 e. The maximum atomic E-state index is 6.33. The highest BCUT2D eigenvalue weighted by atomic mass is 16.5. The number of nitrogens with zero attached hydrogens (tertiary/aromatic N) is 1. The summed E-state index contributed by atoms with van der Waals surface area (Å²) >= 11 is 0. The third-order valence-corrected chi connectivity index (χ3v) is 3.36. The molecule has 1 atom stereocenters. The summed E-state index contributed by atoms with van der Waals surface area (Å²) in [6.45, 7) is 8.31. The van der Waals surface area contributed by atoms with Crippen LogP contribution in [0.25, 0.3) is 0 Å². The first-order valence-corrected chi connectivity index (χ1v) is 6.29. The molecule has 0 aliphatic rings. The molecule has 0 aliphatic carbocycles. The van der Waals surface area contributed by atoms with Crippen molar-refractivity contribution in [1.29, 1.82) is 0 Å². The van der Waals surface area contributed by atoms with E-state index in [-0.39, 0.29) is 11.6 Å². The van der Waals surface area contributed by atoms with Crippen LogP contribution in [-0.2, 0) is 0 Å². The van der Waals surface area contributed by atoms with Crippen molar-refractivity contribution in [2.45, 2.75) is 39.3 Å². The van der Waals surface area contributed by atoms with E-state index in [9.17, 15) is 0 Å². The quantitative estimate of drug-likeness (QED) is 0.893. The summed E-state index contributed by atoms with van der Waals surface area (Å²) in [5.74, 6) is 0.912. The molecule has 0 aromatic heterocycles. The Labute approximate surface area is 111 Å².